The van der Waals surface area contributed by atoms with Crippen molar-refractivity contribution >= 4 is 29.4 Å². The number of aromatic nitrogens is 1. The molecule has 2 aromatic rings. The third-order valence-electron chi connectivity index (χ3n) is 3.69. The third-order valence-corrected chi connectivity index (χ3v) is 4.81. The van der Waals surface area contributed by atoms with E-state index in [-0.39, 0.29) is 6.04 Å². The Balaban J connectivity index is 1.63. The maximum absolute atomic E-state index is 11.8. The number of ether oxygens (including phenoxy) is 1. The fourth-order valence-electron chi connectivity index (χ4n) is 2.65. The van der Waals surface area contributed by atoms with Gasteiger partial charge < -0.3 is 10.1 Å². The number of pyridine rings is 1. The third kappa shape index (κ3) is 4.89. The molecule has 25 heavy (non-hydrogen) atoms. The van der Waals surface area contributed by atoms with Crippen LogP contribution in [0.15, 0.2) is 47.5 Å². The SMILES string of the molecule is CC(C)(C)OC(=O)Nc1ccc(NC2CCSc3ccccc32)cn1. The topological polar surface area (TPSA) is 63.2 Å². The predicted octanol–water partition coefficient (Wildman–Crippen LogP) is 5.08. The highest BCUT2D eigenvalue weighted by Gasteiger charge is 2.20. The average Bonchev–Trinajstić information content (AvgIpc) is 2.55. The first-order valence-electron chi connectivity index (χ1n) is 8.35. The van der Waals surface area contributed by atoms with E-state index in [1.807, 2.05) is 38.6 Å². The minimum Gasteiger partial charge on any atom is -0.444 e. The molecule has 1 atom stereocenters. The number of carbonyl (C=O) groups is 1. The van der Waals surface area contributed by atoms with Gasteiger partial charge in [-0.15, -0.1) is 11.8 Å². The number of nitrogens with one attached hydrogen (secondary N) is 2. The molecule has 0 saturated heterocycles. The van der Waals surface area contributed by atoms with Crippen LogP contribution in [-0.4, -0.2) is 22.4 Å². The summed E-state index contributed by atoms with van der Waals surface area (Å²) in [6.07, 6.45) is 2.30. The van der Waals surface area contributed by atoms with E-state index < -0.39 is 11.7 Å². The number of hydrogen-bond acceptors (Lipinski definition) is 5. The second-order valence-electron chi connectivity index (χ2n) is 6.93. The Morgan fingerprint density at radius 2 is 2.04 bits per heavy atom. The number of nitrogens with zero attached hydrogens (tertiary/aromatic N) is 1. The summed E-state index contributed by atoms with van der Waals surface area (Å²) in [6, 6.07) is 12.5. The summed E-state index contributed by atoms with van der Waals surface area (Å²) < 4.78 is 5.22. The molecular weight excluding hydrogens is 334 g/mol. The molecule has 2 heterocycles. The molecule has 132 valence electrons. The fourth-order valence-corrected chi connectivity index (χ4v) is 3.78. The molecule has 0 saturated carbocycles. The lowest BCUT2D eigenvalue weighted by atomic mass is 10.0. The zero-order chi connectivity index (χ0) is 17.9. The Hall–Kier alpha value is -2.21. The first kappa shape index (κ1) is 17.6. The number of benzene rings is 1. The molecule has 1 aliphatic rings. The van der Waals surface area contributed by atoms with Gasteiger partial charge >= 0.3 is 6.09 Å². The van der Waals surface area contributed by atoms with Crippen molar-refractivity contribution in [1.29, 1.82) is 0 Å². The van der Waals surface area contributed by atoms with Gasteiger partial charge in [0.05, 0.1) is 17.9 Å². The Kier molecular flexibility index (Phi) is 5.18. The number of anilines is 2. The summed E-state index contributed by atoms with van der Waals surface area (Å²) in [5, 5.41) is 6.18. The van der Waals surface area contributed by atoms with Gasteiger partial charge in [0.15, 0.2) is 0 Å². The van der Waals surface area contributed by atoms with Gasteiger partial charge in [-0.3, -0.25) is 5.32 Å². The maximum atomic E-state index is 11.8. The second kappa shape index (κ2) is 7.35. The van der Waals surface area contributed by atoms with Crippen LogP contribution in [-0.2, 0) is 4.74 Å². The zero-order valence-electron chi connectivity index (χ0n) is 14.7. The summed E-state index contributed by atoms with van der Waals surface area (Å²) >= 11 is 1.90. The highest BCUT2D eigenvalue weighted by molar-refractivity contribution is 7.99. The van der Waals surface area contributed by atoms with Gasteiger partial charge in [0.2, 0.25) is 0 Å². The molecule has 3 rings (SSSR count). The number of rotatable bonds is 3. The van der Waals surface area contributed by atoms with Crippen molar-refractivity contribution in [3.8, 4) is 0 Å². The lowest BCUT2D eigenvalue weighted by Gasteiger charge is -2.26. The first-order chi connectivity index (χ1) is 11.9. The van der Waals surface area contributed by atoms with Crippen LogP contribution in [0, 0.1) is 0 Å². The van der Waals surface area contributed by atoms with E-state index >= 15 is 0 Å². The van der Waals surface area contributed by atoms with E-state index in [9.17, 15) is 4.79 Å². The quantitative estimate of drug-likeness (QED) is 0.802. The maximum Gasteiger partial charge on any atom is 0.413 e. The summed E-state index contributed by atoms with van der Waals surface area (Å²) in [7, 11) is 0. The van der Waals surface area contributed by atoms with E-state index in [0.29, 0.717) is 5.82 Å². The van der Waals surface area contributed by atoms with Crippen LogP contribution in [0.3, 0.4) is 0 Å². The monoisotopic (exact) mass is 357 g/mol. The Labute approximate surface area is 152 Å². The van der Waals surface area contributed by atoms with Crippen LogP contribution in [0.5, 0.6) is 0 Å². The van der Waals surface area contributed by atoms with Crippen molar-refractivity contribution in [2.45, 2.75) is 43.7 Å². The molecule has 0 aliphatic carbocycles. The van der Waals surface area contributed by atoms with Gasteiger partial charge in [-0.2, -0.15) is 0 Å². The van der Waals surface area contributed by atoms with Crippen molar-refractivity contribution in [2.24, 2.45) is 0 Å². The molecule has 0 fully saturated rings. The van der Waals surface area contributed by atoms with Crippen LogP contribution in [0.1, 0.15) is 38.8 Å². The van der Waals surface area contributed by atoms with Gasteiger partial charge in [-0.05, 0) is 51.0 Å². The number of fused-ring (bicyclic) bond motifs is 1. The van der Waals surface area contributed by atoms with Crippen LogP contribution in [0.4, 0.5) is 16.3 Å². The Morgan fingerprint density at radius 3 is 2.76 bits per heavy atom. The first-order valence-corrected chi connectivity index (χ1v) is 9.33. The second-order valence-corrected chi connectivity index (χ2v) is 8.07. The highest BCUT2D eigenvalue weighted by Crippen LogP contribution is 2.37. The summed E-state index contributed by atoms with van der Waals surface area (Å²) in [5.74, 6) is 1.57. The van der Waals surface area contributed by atoms with Crippen molar-refractivity contribution < 1.29 is 9.53 Å². The largest absolute Gasteiger partial charge is 0.444 e. The van der Waals surface area contributed by atoms with Crippen molar-refractivity contribution in [1.82, 2.24) is 4.98 Å². The van der Waals surface area contributed by atoms with Gasteiger partial charge in [0, 0.05) is 10.6 Å². The number of hydrogen-bond donors (Lipinski definition) is 2. The summed E-state index contributed by atoms with van der Waals surface area (Å²) in [5.41, 5.74) is 1.73. The lowest BCUT2D eigenvalue weighted by molar-refractivity contribution is 0.0635. The summed E-state index contributed by atoms with van der Waals surface area (Å²) in [6.45, 7) is 5.48. The van der Waals surface area contributed by atoms with E-state index in [2.05, 4.69) is 39.9 Å². The standard InChI is InChI=1S/C19H23N3O2S/c1-19(2,3)24-18(23)22-17-9-8-13(12-20-17)21-15-10-11-25-16-7-5-4-6-14(15)16/h4-9,12,15,21H,10-11H2,1-3H3,(H,20,22,23). The molecule has 0 bridgehead atoms. The molecule has 6 heteroatoms. The predicted molar refractivity (Wildman–Crippen MR) is 102 cm³/mol. The molecule has 1 unspecified atom stereocenters. The smallest absolute Gasteiger partial charge is 0.413 e. The molecule has 1 aromatic carbocycles. The summed E-state index contributed by atoms with van der Waals surface area (Å²) in [4.78, 5) is 17.4. The molecule has 1 aliphatic heterocycles. The molecule has 0 radical (unpaired) electrons. The van der Waals surface area contributed by atoms with Crippen LogP contribution in [0.25, 0.3) is 0 Å². The van der Waals surface area contributed by atoms with E-state index in [4.69, 9.17) is 4.74 Å². The van der Waals surface area contributed by atoms with Gasteiger partial charge in [-0.1, -0.05) is 18.2 Å². The van der Waals surface area contributed by atoms with Gasteiger partial charge in [0.25, 0.3) is 0 Å². The molecule has 2 N–H and O–H groups in total. The molecular formula is C19H23N3O2S. The van der Waals surface area contributed by atoms with Gasteiger partial charge in [0.1, 0.15) is 11.4 Å². The van der Waals surface area contributed by atoms with Crippen LogP contribution in [0.2, 0.25) is 0 Å². The van der Waals surface area contributed by atoms with Crippen molar-refractivity contribution in [3.63, 3.8) is 0 Å². The highest BCUT2D eigenvalue weighted by atomic mass is 32.2. The molecule has 1 aromatic heterocycles. The average molecular weight is 357 g/mol. The van der Waals surface area contributed by atoms with Gasteiger partial charge in [-0.25, -0.2) is 9.78 Å². The Bertz CT molecular complexity index is 741. The van der Waals surface area contributed by atoms with Crippen LogP contribution >= 0.6 is 11.8 Å². The minimum absolute atomic E-state index is 0.281. The van der Waals surface area contributed by atoms with Crippen molar-refractivity contribution in [2.75, 3.05) is 16.4 Å². The molecule has 1 amide bonds. The molecule has 5 nitrogen and oxygen atoms in total. The zero-order valence-corrected chi connectivity index (χ0v) is 15.5. The number of amides is 1. The van der Waals surface area contributed by atoms with E-state index in [1.165, 1.54) is 10.5 Å². The lowest BCUT2D eigenvalue weighted by Crippen LogP contribution is -2.27. The number of thioether (sulfide) groups is 1. The van der Waals surface area contributed by atoms with E-state index in [1.54, 1.807) is 12.3 Å². The number of carbonyl (C=O) groups excluding carboxylic acids is 1. The minimum atomic E-state index is -0.530. The van der Waals surface area contributed by atoms with E-state index in [0.717, 1.165) is 17.9 Å². The fraction of sp³-hybridized carbons (Fsp3) is 0.368. The van der Waals surface area contributed by atoms with Crippen LogP contribution < -0.4 is 10.6 Å². The van der Waals surface area contributed by atoms with Crippen molar-refractivity contribution in [3.05, 3.63) is 48.2 Å². The molecule has 0 spiro atoms. The normalized spacial score (nSPS) is 16.7. The Morgan fingerprint density at radius 1 is 1.24 bits per heavy atom.